The third-order valence-corrected chi connectivity index (χ3v) is 5.15. The fourth-order valence-electron chi connectivity index (χ4n) is 3.46. The average molecular weight is 313 g/mol. The van der Waals surface area contributed by atoms with Crippen LogP contribution in [0.4, 0.5) is 0 Å². The van der Waals surface area contributed by atoms with E-state index in [0.717, 1.165) is 0 Å². The van der Waals surface area contributed by atoms with Gasteiger partial charge in [0.15, 0.2) is 0 Å². The molecule has 0 aromatic rings. The van der Waals surface area contributed by atoms with Crippen LogP contribution >= 0.6 is 0 Å². The van der Waals surface area contributed by atoms with Crippen molar-refractivity contribution in [2.75, 3.05) is 7.11 Å². The van der Waals surface area contributed by atoms with Crippen LogP contribution in [0.1, 0.15) is 118 Å². The first-order valence-corrected chi connectivity index (χ1v) is 10.1. The van der Waals surface area contributed by atoms with Crippen molar-refractivity contribution in [1.29, 1.82) is 0 Å². The number of hydrogen-bond donors (Lipinski definition) is 0. The Hall–Kier alpha value is -0.0400. The molecule has 0 radical (unpaired) electrons. The molecule has 1 atom stereocenters. The van der Waals surface area contributed by atoms with E-state index in [0.29, 0.717) is 11.5 Å². The van der Waals surface area contributed by atoms with E-state index in [1.165, 1.54) is 89.9 Å². The van der Waals surface area contributed by atoms with Gasteiger partial charge in [0.25, 0.3) is 0 Å². The van der Waals surface area contributed by atoms with Crippen LogP contribution in [0.3, 0.4) is 0 Å². The normalized spacial score (nSPS) is 13.5. The van der Waals surface area contributed by atoms with E-state index in [4.69, 9.17) is 4.74 Å². The molecule has 0 aliphatic heterocycles. The number of unbranched alkanes of at least 4 members (excludes halogenated alkanes) is 10. The Morgan fingerprint density at radius 2 is 1.14 bits per heavy atom. The lowest BCUT2D eigenvalue weighted by molar-refractivity contribution is -0.00630. The van der Waals surface area contributed by atoms with E-state index in [9.17, 15) is 0 Å². The third-order valence-electron chi connectivity index (χ3n) is 5.15. The SMILES string of the molecule is CCCCCCCCC(OC)C(C)(C)CCCCCCCC. The number of rotatable bonds is 16. The van der Waals surface area contributed by atoms with Gasteiger partial charge in [-0.05, 0) is 18.3 Å². The molecule has 1 nitrogen and oxygen atoms in total. The fourth-order valence-corrected chi connectivity index (χ4v) is 3.46. The second-order valence-corrected chi connectivity index (χ2v) is 7.79. The number of ether oxygens (including phenoxy) is 1. The maximum Gasteiger partial charge on any atom is 0.0622 e. The summed E-state index contributed by atoms with van der Waals surface area (Å²) in [5.41, 5.74) is 0.336. The number of hydrogen-bond acceptors (Lipinski definition) is 1. The van der Waals surface area contributed by atoms with Crippen molar-refractivity contribution in [3.8, 4) is 0 Å². The molecular formula is C21H44O. The first kappa shape index (κ1) is 22.0. The van der Waals surface area contributed by atoms with Gasteiger partial charge in [0, 0.05) is 7.11 Å². The maximum atomic E-state index is 5.84. The first-order valence-electron chi connectivity index (χ1n) is 10.1. The van der Waals surface area contributed by atoms with Crippen LogP contribution in [0.2, 0.25) is 0 Å². The van der Waals surface area contributed by atoms with Gasteiger partial charge < -0.3 is 4.74 Å². The molecule has 0 saturated carbocycles. The van der Waals surface area contributed by atoms with Crippen molar-refractivity contribution >= 4 is 0 Å². The highest BCUT2D eigenvalue weighted by Gasteiger charge is 2.28. The summed E-state index contributed by atoms with van der Waals surface area (Å²) in [5.74, 6) is 0. The monoisotopic (exact) mass is 312 g/mol. The first-order chi connectivity index (χ1) is 10.6. The van der Waals surface area contributed by atoms with Crippen molar-refractivity contribution in [2.24, 2.45) is 5.41 Å². The quantitative estimate of drug-likeness (QED) is 0.268. The van der Waals surface area contributed by atoms with E-state index in [2.05, 4.69) is 27.7 Å². The van der Waals surface area contributed by atoms with Gasteiger partial charge in [-0.1, -0.05) is 105 Å². The highest BCUT2D eigenvalue weighted by atomic mass is 16.5. The summed E-state index contributed by atoms with van der Waals surface area (Å²) in [6.45, 7) is 9.38. The Kier molecular flexibility index (Phi) is 14.5. The van der Waals surface area contributed by atoms with Crippen LogP contribution < -0.4 is 0 Å². The summed E-state index contributed by atoms with van der Waals surface area (Å²) in [4.78, 5) is 0. The molecule has 0 aliphatic carbocycles. The molecule has 0 spiro atoms. The fraction of sp³-hybridized carbons (Fsp3) is 1.00. The molecule has 0 rings (SSSR count). The molecule has 22 heavy (non-hydrogen) atoms. The maximum absolute atomic E-state index is 5.84. The average Bonchev–Trinajstić information content (AvgIpc) is 2.49. The van der Waals surface area contributed by atoms with Crippen molar-refractivity contribution in [3.05, 3.63) is 0 Å². The van der Waals surface area contributed by atoms with Gasteiger partial charge in [-0.25, -0.2) is 0 Å². The zero-order chi connectivity index (χ0) is 16.7. The second kappa shape index (κ2) is 14.5. The third kappa shape index (κ3) is 11.5. The van der Waals surface area contributed by atoms with E-state index in [1.54, 1.807) is 0 Å². The highest BCUT2D eigenvalue weighted by molar-refractivity contribution is 4.79. The topological polar surface area (TPSA) is 9.23 Å². The van der Waals surface area contributed by atoms with E-state index in [-0.39, 0.29) is 0 Å². The van der Waals surface area contributed by atoms with E-state index in [1.807, 2.05) is 7.11 Å². The van der Waals surface area contributed by atoms with Gasteiger partial charge in [0.2, 0.25) is 0 Å². The highest BCUT2D eigenvalue weighted by Crippen LogP contribution is 2.33. The van der Waals surface area contributed by atoms with Crippen molar-refractivity contribution in [3.63, 3.8) is 0 Å². The lowest BCUT2D eigenvalue weighted by Crippen LogP contribution is -2.31. The Morgan fingerprint density at radius 3 is 1.64 bits per heavy atom. The van der Waals surface area contributed by atoms with Gasteiger partial charge >= 0.3 is 0 Å². The van der Waals surface area contributed by atoms with Crippen LogP contribution in [-0.2, 0) is 4.74 Å². The lowest BCUT2D eigenvalue weighted by atomic mass is 9.79. The van der Waals surface area contributed by atoms with Crippen molar-refractivity contribution in [1.82, 2.24) is 0 Å². The minimum absolute atomic E-state index is 0.336. The van der Waals surface area contributed by atoms with Crippen LogP contribution in [0, 0.1) is 5.41 Å². The molecule has 0 aliphatic rings. The molecular weight excluding hydrogens is 268 g/mol. The van der Waals surface area contributed by atoms with Crippen LogP contribution in [0.25, 0.3) is 0 Å². The Balaban J connectivity index is 3.81. The minimum Gasteiger partial charge on any atom is -0.381 e. The van der Waals surface area contributed by atoms with Gasteiger partial charge in [0.1, 0.15) is 0 Å². The molecule has 0 aromatic heterocycles. The molecule has 0 N–H and O–H groups in total. The summed E-state index contributed by atoms with van der Waals surface area (Å²) in [7, 11) is 1.91. The van der Waals surface area contributed by atoms with Gasteiger partial charge in [-0.2, -0.15) is 0 Å². The standard InChI is InChI=1S/C21H44O/c1-6-8-10-12-14-16-18-20(22-5)21(3,4)19-17-15-13-11-9-7-2/h20H,6-19H2,1-5H3. The molecule has 1 heteroatoms. The van der Waals surface area contributed by atoms with Crippen LogP contribution in [0.5, 0.6) is 0 Å². The molecule has 1 unspecified atom stereocenters. The van der Waals surface area contributed by atoms with Gasteiger partial charge in [0.05, 0.1) is 6.10 Å². The molecule has 0 heterocycles. The minimum atomic E-state index is 0.336. The summed E-state index contributed by atoms with van der Waals surface area (Å²) in [5, 5.41) is 0. The van der Waals surface area contributed by atoms with E-state index >= 15 is 0 Å². The van der Waals surface area contributed by atoms with E-state index < -0.39 is 0 Å². The second-order valence-electron chi connectivity index (χ2n) is 7.79. The summed E-state index contributed by atoms with van der Waals surface area (Å²) in [6.07, 6.45) is 19.6. The molecule has 0 bridgehead atoms. The Bertz CT molecular complexity index is 222. The van der Waals surface area contributed by atoms with Crippen LogP contribution in [-0.4, -0.2) is 13.2 Å². The molecule has 0 fully saturated rings. The molecule has 134 valence electrons. The zero-order valence-electron chi connectivity index (χ0n) is 16.4. The van der Waals surface area contributed by atoms with Crippen molar-refractivity contribution in [2.45, 2.75) is 124 Å². The predicted octanol–water partition coefficient (Wildman–Crippen LogP) is 7.53. The number of methoxy groups -OCH3 is 1. The molecule has 0 aromatic carbocycles. The molecule has 0 saturated heterocycles. The largest absolute Gasteiger partial charge is 0.381 e. The Labute approximate surface area is 141 Å². The van der Waals surface area contributed by atoms with Gasteiger partial charge in [-0.15, -0.1) is 0 Å². The summed E-state index contributed by atoms with van der Waals surface area (Å²) >= 11 is 0. The van der Waals surface area contributed by atoms with Crippen LogP contribution in [0.15, 0.2) is 0 Å². The lowest BCUT2D eigenvalue weighted by Gasteiger charge is -2.33. The smallest absolute Gasteiger partial charge is 0.0622 e. The predicted molar refractivity (Wildman–Crippen MR) is 101 cm³/mol. The van der Waals surface area contributed by atoms with Crippen molar-refractivity contribution < 1.29 is 4.74 Å². The summed E-state index contributed by atoms with van der Waals surface area (Å²) in [6, 6.07) is 0. The van der Waals surface area contributed by atoms with Gasteiger partial charge in [-0.3, -0.25) is 0 Å². The zero-order valence-corrected chi connectivity index (χ0v) is 16.4. The summed E-state index contributed by atoms with van der Waals surface area (Å²) < 4.78 is 5.84. The molecule has 0 amide bonds. The Morgan fingerprint density at radius 1 is 0.682 bits per heavy atom.